The minimum Gasteiger partial charge on any atom is -0.497 e. The van der Waals surface area contributed by atoms with Crippen molar-refractivity contribution in [2.24, 2.45) is 0 Å². The van der Waals surface area contributed by atoms with Crippen LogP contribution in [0.25, 0.3) is 11.3 Å². The Hall–Kier alpha value is -2.47. The van der Waals surface area contributed by atoms with Crippen LogP contribution in [-0.2, 0) is 22.5 Å². The van der Waals surface area contributed by atoms with Crippen LogP contribution in [0.5, 0.6) is 5.75 Å². The number of benzene rings is 1. The predicted octanol–water partition coefficient (Wildman–Crippen LogP) is 1.99. The van der Waals surface area contributed by atoms with Crippen LogP contribution in [0.1, 0.15) is 17.1 Å². The van der Waals surface area contributed by atoms with E-state index in [0.717, 1.165) is 40.5 Å². The lowest BCUT2D eigenvalue weighted by Gasteiger charge is -2.29. The van der Waals surface area contributed by atoms with Crippen LogP contribution >= 0.6 is 0 Å². The van der Waals surface area contributed by atoms with Crippen molar-refractivity contribution in [1.29, 1.82) is 0 Å². The minimum absolute atomic E-state index is 0.00981. The van der Waals surface area contributed by atoms with E-state index >= 15 is 0 Å². The molecule has 0 saturated carbocycles. The van der Waals surface area contributed by atoms with Crippen molar-refractivity contribution in [2.45, 2.75) is 19.9 Å². The summed E-state index contributed by atoms with van der Waals surface area (Å²) < 4.78 is 10.2. The first-order chi connectivity index (χ1) is 11.6. The highest BCUT2D eigenvalue weighted by atomic mass is 16.5. The molecular weight excluding hydrogens is 306 g/mol. The fourth-order valence-electron chi connectivity index (χ4n) is 2.95. The number of methoxy groups -OCH3 is 2. The van der Waals surface area contributed by atoms with Gasteiger partial charge < -0.3 is 14.4 Å². The zero-order valence-electron chi connectivity index (χ0n) is 14.2. The number of hydrogen-bond acceptors (Lipinski definition) is 5. The first-order valence-electron chi connectivity index (χ1n) is 7.90. The van der Waals surface area contributed by atoms with E-state index in [1.165, 1.54) is 7.11 Å². The maximum absolute atomic E-state index is 12.1. The van der Waals surface area contributed by atoms with Gasteiger partial charge in [0.05, 0.1) is 18.5 Å². The van der Waals surface area contributed by atoms with Gasteiger partial charge in [-0.15, -0.1) is 0 Å². The Morgan fingerprint density at radius 3 is 2.62 bits per heavy atom. The van der Waals surface area contributed by atoms with Gasteiger partial charge in [-0.1, -0.05) is 0 Å². The van der Waals surface area contributed by atoms with E-state index in [-0.39, 0.29) is 12.5 Å². The molecule has 0 fully saturated rings. The van der Waals surface area contributed by atoms with Crippen LogP contribution in [0.3, 0.4) is 0 Å². The molecule has 126 valence electrons. The number of ether oxygens (including phenoxy) is 2. The molecule has 2 aromatic rings. The number of aromatic nitrogens is 2. The number of nitrogens with zero attached hydrogens (tertiary/aromatic N) is 3. The number of carbonyl (C=O) groups excluding carboxylic acids is 1. The summed E-state index contributed by atoms with van der Waals surface area (Å²) in [7, 11) is 3.18. The van der Waals surface area contributed by atoms with Gasteiger partial charge in [0.15, 0.2) is 0 Å². The predicted molar refractivity (Wildman–Crippen MR) is 89.8 cm³/mol. The van der Waals surface area contributed by atoms with Gasteiger partial charge in [-0.3, -0.25) is 4.79 Å². The zero-order chi connectivity index (χ0) is 17.1. The molecule has 1 aliphatic heterocycles. The van der Waals surface area contributed by atoms with Gasteiger partial charge in [-0.2, -0.15) is 0 Å². The molecule has 3 rings (SSSR count). The summed E-state index contributed by atoms with van der Waals surface area (Å²) in [4.78, 5) is 23.2. The van der Waals surface area contributed by atoms with Crippen LogP contribution in [0.4, 0.5) is 0 Å². The van der Waals surface area contributed by atoms with E-state index in [0.29, 0.717) is 13.1 Å². The molecule has 1 amide bonds. The Morgan fingerprint density at radius 1 is 1.21 bits per heavy atom. The molecular formula is C18H21N3O3. The molecule has 24 heavy (non-hydrogen) atoms. The summed E-state index contributed by atoms with van der Waals surface area (Å²) >= 11 is 0. The number of hydrogen-bond donors (Lipinski definition) is 0. The third-order valence-electron chi connectivity index (χ3n) is 4.16. The number of fused-ring (bicyclic) bond motifs is 1. The molecule has 0 radical (unpaired) electrons. The summed E-state index contributed by atoms with van der Waals surface area (Å²) in [5.74, 6) is 1.54. The highest BCUT2D eigenvalue weighted by molar-refractivity contribution is 5.78. The largest absolute Gasteiger partial charge is 0.497 e. The average Bonchev–Trinajstić information content (AvgIpc) is 2.61. The second-order valence-corrected chi connectivity index (χ2v) is 5.77. The van der Waals surface area contributed by atoms with Crippen LogP contribution in [0, 0.1) is 6.92 Å². The van der Waals surface area contributed by atoms with E-state index < -0.39 is 0 Å². The Morgan fingerprint density at radius 2 is 1.96 bits per heavy atom. The SMILES string of the molecule is COCC(=O)N1CCc2nc(C)nc(-c3ccc(OC)cc3)c2C1. The highest BCUT2D eigenvalue weighted by Gasteiger charge is 2.25. The molecule has 0 unspecified atom stereocenters. The lowest BCUT2D eigenvalue weighted by Crippen LogP contribution is -2.38. The second kappa shape index (κ2) is 6.97. The highest BCUT2D eigenvalue weighted by Crippen LogP contribution is 2.29. The summed E-state index contributed by atoms with van der Waals surface area (Å²) in [6, 6.07) is 7.79. The fraction of sp³-hybridized carbons (Fsp3) is 0.389. The first kappa shape index (κ1) is 16.4. The summed E-state index contributed by atoms with van der Waals surface area (Å²) in [6.45, 7) is 3.17. The number of aryl methyl sites for hydroxylation is 1. The number of carbonyl (C=O) groups is 1. The van der Waals surface area contributed by atoms with E-state index in [1.807, 2.05) is 31.2 Å². The molecule has 0 saturated heterocycles. The zero-order valence-corrected chi connectivity index (χ0v) is 14.2. The Bertz CT molecular complexity index is 744. The Balaban J connectivity index is 1.98. The molecule has 6 nitrogen and oxygen atoms in total. The molecule has 2 heterocycles. The molecule has 6 heteroatoms. The van der Waals surface area contributed by atoms with Crippen molar-refractivity contribution in [2.75, 3.05) is 27.4 Å². The molecule has 1 aliphatic rings. The maximum Gasteiger partial charge on any atom is 0.248 e. The molecule has 0 atom stereocenters. The van der Waals surface area contributed by atoms with Gasteiger partial charge >= 0.3 is 0 Å². The van der Waals surface area contributed by atoms with E-state index in [4.69, 9.17) is 9.47 Å². The monoisotopic (exact) mass is 327 g/mol. The van der Waals surface area contributed by atoms with E-state index in [9.17, 15) is 4.79 Å². The quantitative estimate of drug-likeness (QED) is 0.859. The van der Waals surface area contributed by atoms with Crippen molar-refractivity contribution >= 4 is 5.91 Å². The Kier molecular flexibility index (Phi) is 4.76. The van der Waals surface area contributed by atoms with Crippen molar-refractivity contribution in [3.63, 3.8) is 0 Å². The van der Waals surface area contributed by atoms with Gasteiger partial charge in [-0.05, 0) is 31.2 Å². The average molecular weight is 327 g/mol. The Labute approximate surface area is 141 Å². The fourth-order valence-corrected chi connectivity index (χ4v) is 2.95. The smallest absolute Gasteiger partial charge is 0.248 e. The van der Waals surface area contributed by atoms with Gasteiger partial charge in [0.2, 0.25) is 5.91 Å². The van der Waals surface area contributed by atoms with Gasteiger partial charge in [0.1, 0.15) is 18.2 Å². The molecule has 1 aromatic carbocycles. The van der Waals surface area contributed by atoms with Crippen molar-refractivity contribution in [3.05, 3.63) is 41.3 Å². The van der Waals surface area contributed by atoms with E-state index in [2.05, 4.69) is 9.97 Å². The van der Waals surface area contributed by atoms with Crippen LogP contribution in [-0.4, -0.2) is 48.1 Å². The minimum atomic E-state index is -0.00981. The summed E-state index contributed by atoms with van der Waals surface area (Å²) in [6.07, 6.45) is 0.733. The lowest BCUT2D eigenvalue weighted by molar-refractivity contribution is -0.136. The van der Waals surface area contributed by atoms with Crippen LogP contribution < -0.4 is 4.74 Å². The maximum atomic E-state index is 12.1. The van der Waals surface area contributed by atoms with E-state index in [1.54, 1.807) is 12.0 Å². The van der Waals surface area contributed by atoms with Gasteiger partial charge in [-0.25, -0.2) is 9.97 Å². The van der Waals surface area contributed by atoms with Crippen molar-refractivity contribution in [3.8, 4) is 17.0 Å². The lowest BCUT2D eigenvalue weighted by atomic mass is 9.99. The van der Waals surface area contributed by atoms with Crippen molar-refractivity contribution in [1.82, 2.24) is 14.9 Å². The van der Waals surface area contributed by atoms with Crippen LogP contribution in [0.2, 0.25) is 0 Å². The third kappa shape index (κ3) is 3.23. The first-order valence-corrected chi connectivity index (χ1v) is 7.90. The molecule has 0 aliphatic carbocycles. The van der Waals surface area contributed by atoms with Gasteiger partial charge in [0.25, 0.3) is 0 Å². The second-order valence-electron chi connectivity index (χ2n) is 5.77. The molecule has 1 aromatic heterocycles. The topological polar surface area (TPSA) is 64.5 Å². The molecule has 0 bridgehead atoms. The number of amides is 1. The molecule has 0 spiro atoms. The van der Waals surface area contributed by atoms with Gasteiger partial charge in [0, 0.05) is 37.7 Å². The molecule has 0 N–H and O–H groups in total. The summed E-state index contributed by atoms with van der Waals surface area (Å²) in [5.41, 5.74) is 3.92. The number of rotatable bonds is 4. The third-order valence-corrected chi connectivity index (χ3v) is 4.16. The summed E-state index contributed by atoms with van der Waals surface area (Å²) in [5, 5.41) is 0. The van der Waals surface area contributed by atoms with Crippen molar-refractivity contribution < 1.29 is 14.3 Å². The normalized spacial score (nSPS) is 13.5. The standard InChI is InChI=1S/C18H21N3O3/c1-12-19-16-8-9-21(17(22)11-23-2)10-15(16)18(20-12)13-4-6-14(24-3)7-5-13/h4-7H,8-11H2,1-3H3. The van der Waals surface area contributed by atoms with Crippen LogP contribution in [0.15, 0.2) is 24.3 Å².